The molecular formula is C21H21Cl3N2O4. The minimum atomic E-state index is -1.64. The number of alkyl carbamates (subject to hydrolysis) is 1. The van der Waals surface area contributed by atoms with E-state index in [0.717, 1.165) is 11.1 Å². The highest BCUT2D eigenvalue weighted by molar-refractivity contribution is 6.67. The maximum absolute atomic E-state index is 12.0. The van der Waals surface area contributed by atoms with Gasteiger partial charge < -0.3 is 20.1 Å². The number of carbonyl (C=O) groups excluding carboxylic acids is 2. The lowest BCUT2D eigenvalue weighted by Crippen LogP contribution is -2.35. The average Bonchev–Trinajstić information content (AvgIpc) is 3.04. The number of hydrogen-bond donors (Lipinski definition) is 2. The van der Waals surface area contributed by atoms with E-state index in [0.29, 0.717) is 6.54 Å². The van der Waals surface area contributed by atoms with Gasteiger partial charge in [0.05, 0.1) is 6.54 Å². The molecule has 3 rings (SSSR count). The maximum atomic E-state index is 12.0. The van der Waals surface area contributed by atoms with Crippen LogP contribution in [-0.2, 0) is 14.3 Å². The van der Waals surface area contributed by atoms with Crippen molar-refractivity contribution >= 4 is 46.9 Å². The summed E-state index contributed by atoms with van der Waals surface area (Å²) in [6.07, 6.45) is -0.516. The molecule has 6 nitrogen and oxygen atoms in total. The Kier molecular flexibility index (Phi) is 7.83. The van der Waals surface area contributed by atoms with Crippen LogP contribution in [0.25, 0.3) is 11.1 Å². The minimum Gasteiger partial charge on any atom is -0.460 e. The molecule has 0 saturated carbocycles. The highest BCUT2D eigenvalue weighted by Gasteiger charge is 2.29. The van der Waals surface area contributed by atoms with Crippen molar-refractivity contribution in [2.45, 2.75) is 9.71 Å². The van der Waals surface area contributed by atoms with Gasteiger partial charge in [0.25, 0.3) is 0 Å². The fraction of sp³-hybridized carbons (Fsp3) is 0.333. The molecule has 30 heavy (non-hydrogen) atoms. The summed E-state index contributed by atoms with van der Waals surface area (Å²) in [5.41, 5.74) is 4.66. The summed E-state index contributed by atoms with van der Waals surface area (Å²) in [5, 5.41) is 5.47. The van der Waals surface area contributed by atoms with Gasteiger partial charge in [0.15, 0.2) is 0 Å². The quantitative estimate of drug-likeness (QED) is 0.345. The van der Waals surface area contributed by atoms with Gasteiger partial charge in [-0.25, -0.2) is 4.79 Å². The Morgan fingerprint density at radius 3 is 2.10 bits per heavy atom. The van der Waals surface area contributed by atoms with Gasteiger partial charge in [0.1, 0.15) is 13.2 Å². The summed E-state index contributed by atoms with van der Waals surface area (Å²) >= 11 is 16.5. The first kappa shape index (κ1) is 22.7. The molecule has 0 unspecified atom stereocenters. The van der Waals surface area contributed by atoms with E-state index in [1.54, 1.807) is 0 Å². The van der Waals surface area contributed by atoms with E-state index in [2.05, 4.69) is 34.9 Å². The number of hydrogen-bond acceptors (Lipinski definition) is 5. The molecule has 1 amide bonds. The second-order valence-electron chi connectivity index (χ2n) is 6.70. The number of benzene rings is 2. The third kappa shape index (κ3) is 6.25. The Hall–Kier alpha value is -1.99. The first-order valence-electron chi connectivity index (χ1n) is 9.37. The van der Waals surface area contributed by atoms with E-state index in [1.165, 1.54) is 11.1 Å². The van der Waals surface area contributed by atoms with E-state index in [4.69, 9.17) is 44.3 Å². The van der Waals surface area contributed by atoms with Crippen LogP contribution in [0, 0.1) is 0 Å². The fourth-order valence-electron chi connectivity index (χ4n) is 3.31. The first-order chi connectivity index (χ1) is 14.3. The molecular weight excluding hydrogens is 451 g/mol. The lowest BCUT2D eigenvalue weighted by atomic mass is 9.98. The van der Waals surface area contributed by atoms with Gasteiger partial charge >= 0.3 is 12.1 Å². The van der Waals surface area contributed by atoms with Crippen molar-refractivity contribution in [1.29, 1.82) is 0 Å². The molecule has 0 atom stereocenters. The van der Waals surface area contributed by atoms with Gasteiger partial charge in [0.2, 0.25) is 3.79 Å². The van der Waals surface area contributed by atoms with Crippen LogP contribution >= 0.6 is 34.8 Å². The Morgan fingerprint density at radius 2 is 1.50 bits per heavy atom. The van der Waals surface area contributed by atoms with E-state index in [1.807, 2.05) is 24.3 Å². The molecule has 2 aromatic carbocycles. The molecule has 0 radical (unpaired) electrons. The molecule has 0 aliphatic heterocycles. The van der Waals surface area contributed by atoms with Gasteiger partial charge in [-0.15, -0.1) is 0 Å². The van der Waals surface area contributed by atoms with Crippen molar-refractivity contribution in [3.8, 4) is 11.1 Å². The van der Waals surface area contributed by atoms with Gasteiger partial charge in [-0.05, 0) is 22.3 Å². The Bertz CT molecular complexity index is 856. The van der Waals surface area contributed by atoms with Gasteiger partial charge in [0, 0.05) is 19.0 Å². The molecule has 2 N–H and O–H groups in total. The molecule has 160 valence electrons. The second-order valence-corrected chi connectivity index (χ2v) is 9.22. The molecule has 0 saturated heterocycles. The van der Waals surface area contributed by atoms with Crippen LogP contribution in [0.15, 0.2) is 48.5 Å². The standard InChI is InChI=1S/C21H21Cl3N2O4/c22-21(23,24)13-30-19(27)11-25-9-10-26-20(28)29-12-18-16-7-3-1-5-14(16)15-6-2-4-8-17(15)18/h1-8,18,25H,9-13H2,(H,26,28). The number of carbonyl (C=O) groups is 2. The summed E-state index contributed by atoms with van der Waals surface area (Å²) in [5.74, 6) is -0.545. The number of fused-ring (bicyclic) bond motifs is 3. The first-order valence-corrected chi connectivity index (χ1v) is 10.5. The average molecular weight is 472 g/mol. The number of nitrogens with one attached hydrogen (secondary N) is 2. The van der Waals surface area contributed by atoms with Crippen molar-refractivity contribution < 1.29 is 19.1 Å². The Balaban J connectivity index is 1.38. The van der Waals surface area contributed by atoms with Gasteiger partial charge in [-0.3, -0.25) is 4.79 Å². The largest absolute Gasteiger partial charge is 0.460 e. The number of rotatable bonds is 8. The Morgan fingerprint density at radius 1 is 0.900 bits per heavy atom. The van der Waals surface area contributed by atoms with Gasteiger partial charge in [-0.2, -0.15) is 0 Å². The summed E-state index contributed by atoms with van der Waals surface area (Å²) in [6.45, 7) is 0.501. The van der Waals surface area contributed by atoms with Crippen LogP contribution in [0.4, 0.5) is 4.79 Å². The maximum Gasteiger partial charge on any atom is 0.407 e. The van der Waals surface area contributed by atoms with E-state index in [9.17, 15) is 9.59 Å². The van der Waals surface area contributed by atoms with E-state index in [-0.39, 0.29) is 32.2 Å². The zero-order valence-corrected chi connectivity index (χ0v) is 18.3. The van der Waals surface area contributed by atoms with Crippen LogP contribution in [0.3, 0.4) is 0 Å². The summed E-state index contributed by atoms with van der Waals surface area (Å²) < 4.78 is 8.57. The minimum absolute atomic E-state index is 0.00830. The fourth-order valence-corrected chi connectivity index (χ4v) is 3.47. The molecule has 0 bridgehead atoms. The third-order valence-corrected chi connectivity index (χ3v) is 4.91. The molecule has 2 aromatic rings. The highest BCUT2D eigenvalue weighted by atomic mass is 35.6. The topological polar surface area (TPSA) is 76.7 Å². The van der Waals surface area contributed by atoms with Crippen molar-refractivity contribution in [3.05, 3.63) is 59.7 Å². The van der Waals surface area contributed by atoms with Crippen molar-refractivity contribution in [2.24, 2.45) is 0 Å². The van der Waals surface area contributed by atoms with Crippen LogP contribution < -0.4 is 10.6 Å². The van der Waals surface area contributed by atoms with Crippen molar-refractivity contribution in [3.63, 3.8) is 0 Å². The molecule has 1 aliphatic carbocycles. The summed E-state index contributed by atoms with van der Waals surface area (Å²) in [6, 6.07) is 16.3. The number of esters is 1. The SMILES string of the molecule is O=C(CNCCNC(=O)OCC1c2ccccc2-c2ccccc21)OCC(Cl)(Cl)Cl. The lowest BCUT2D eigenvalue weighted by molar-refractivity contribution is -0.142. The van der Waals surface area contributed by atoms with E-state index >= 15 is 0 Å². The predicted octanol–water partition coefficient (Wildman–Crippen LogP) is 4.03. The molecule has 9 heteroatoms. The molecule has 0 spiro atoms. The van der Waals surface area contributed by atoms with Crippen LogP contribution in [0.1, 0.15) is 17.0 Å². The molecule has 0 aromatic heterocycles. The van der Waals surface area contributed by atoms with Crippen molar-refractivity contribution in [2.75, 3.05) is 32.8 Å². The van der Waals surface area contributed by atoms with Crippen molar-refractivity contribution in [1.82, 2.24) is 10.6 Å². The lowest BCUT2D eigenvalue weighted by Gasteiger charge is -2.14. The molecule has 1 aliphatic rings. The number of ether oxygens (including phenoxy) is 2. The number of amides is 1. The van der Waals surface area contributed by atoms with Crippen LogP contribution in [0.5, 0.6) is 0 Å². The molecule has 0 heterocycles. The summed E-state index contributed by atoms with van der Waals surface area (Å²) in [4.78, 5) is 23.5. The number of halogens is 3. The second kappa shape index (κ2) is 10.4. The summed E-state index contributed by atoms with van der Waals surface area (Å²) in [7, 11) is 0. The number of alkyl halides is 3. The predicted molar refractivity (Wildman–Crippen MR) is 117 cm³/mol. The zero-order valence-electron chi connectivity index (χ0n) is 16.0. The third-order valence-electron chi connectivity index (χ3n) is 4.58. The zero-order chi connectivity index (χ0) is 21.6. The highest BCUT2D eigenvalue weighted by Crippen LogP contribution is 2.44. The van der Waals surface area contributed by atoms with Crippen LogP contribution in [0.2, 0.25) is 0 Å². The van der Waals surface area contributed by atoms with Crippen LogP contribution in [-0.4, -0.2) is 48.7 Å². The molecule has 0 fully saturated rings. The Labute approximate surface area is 189 Å². The van der Waals surface area contributed by atoms with E-state index < -0.39 is 15.9 Å². The monoisotopic (exact) mass is 470 g/mol. The normalized spacial score (nSPS) is 12.8. The smallest absolute Gasteiger partial charge is 0.407 e. The van der Waals surface area contributed by atoms with Gasteiger partial charge in [-0.1, -0.05) is 83.3 Å².